The Morgan fingerprint density at radius 3 is 2.82 bits per heavy atom. The number of benzene rings is 1. The number of aromatic nitrogens is 1. The number of carbonyl (C=O) groups excluding carboxylic acids is 1. The van der Waals surface area contributed by atoms with E-state index in [2.05, 4.69) is 4.98 Å². The molecule has 0 radical (unpaired) electrons. The van der Waals surface area contributed by atoms with Crippen molar-refractivity contribution >= 4 is 28.4 Å². The van der Waals surface area contributed by atoms with Crippen molar-refractivity contribution in [2.45, 2.75) is 39.3 Å². The average Bonchev–Trinajstić information content (AvgIpc) is 3.14. The summed E-state index contributed by atoms with van der Waals surface area (Å²) in [6.45, 7) is 3.38. The SMILES string of the molecule is CCOc1ccc2nc(Cl)c(CN(Cc3ccco3)C(=O)C3CCC3)cc2c1. The van der Waals surface area contributed by atoms with E-state index in [1.54, 1.807) is 6.26 Å². The smallest absolute Gasteiger partial charge is 0.226 e. The summed E-state index contributed by atoms with van der Waals surface area (Å²) in [5.74, 6) is 1.81. The number of fused-ring (bicyclic) bond motifs is 1. The van der Waals surface area contributed by atoms with E-state index >= 15 is 0 Å². The summed E-state index contributed by atoms with van der Waals surface area (Å²) in [5, 5.41) is 1.36. The lowest BCUT2D eigenvalue weighted by molar-refractivity contribution is -0.139. The van der Waals surface area contributed by atoms with Crippen LogP contribution in [0.2, 0.25) is 5.15 Å². The van der Waals surface area contributed by atoms with Crippen LogP contribution >= 0.6 is 11.6 Å². The summed E-state index contributed by atoms with van der Waals surface area (Å²) in [6, 6.07) is 11.5. The first-order chi connectivity index (χ1) is 13.6. The molecule has 0 spiro atoms. The molecule has 1 aliphatic carbocycles. The molecule has 28 heavy (non-hydrogen) atoms. The molecule has 0 aliphatic heterocycles. The monoisotopic (exact) mass is 398 g/mol. The van der Waals surface area contributed by atoms with Crippen molar-refractivity contribution in [3.63, 3.8) is 0 Å². The van der Waals surface area contributed by atoms with Gasteiger partial charge in [-0.15, -0.1) is 0 Å². The second-order valence-corrected chi connectivity index (χ2v) is 7.49. The average molecular weight is 399 g/mol. The van der Waals surface area contributed by atoms with Gasteiger partial charge >= 0.3 is 0 Å². The molecular formula is C22H23ClN2O3. The van der Waals surface area contributed by atoms with Crippen LogP contribution in [0.25, 0.3) is 10.9 Å². The third-order valence-corrected chi connectivity index (χ3v) is 5.50. The molecule has 1 aromatic carbocycles. The van der Waals surface area contributed by atoms with Crippen LogP contribution in [0.5, 0.6) is 5.75 Å². The van der Waals surface area contributed by atoms with Gasteiger partial charge in [-0.05, 0) is 56.2 Å². The van der Waals surface area contributed by atoms with Gasteiger partial charge in [-0.1, -0.05) is 18.0 Å². The van der Waals surface area contributed by atoms with Crippen molar-refractivity contribution in [1.29, 1.82) is 0 Å². The first-order valence-electron chi connectivity index (χ1n) is 9.67. The lowest BCUT2D eigenvalue weighted by atomic mass is 9.84. The minimum Gasteiger partial charge on any atom is -0.494 e. The second kappa shape index (κ2) is 8.23. The summed E-state index contributed by atoms with van der Waals surface area (Å²) in [7, 11) is 0. The Balaban J connectivity index is 1.63. The molecule has 146 valence electrons. The van der Waals surface area contributed by atoms with Gasteiger partial charge in [0.25, 0.3) is 0 Å². The molecule has 0 bridgehead atoms. The van der Waals surface area contributed by atoms with Crippen LogP contribution in [0.3, 0.4) is 0 Å². The Morgan fingerprint density at radius 2 is 2.14 bits per heavy atom. The number of halogens is 1. The van der Waals surface area contributed by atoms with Crippen LogP contribution in [0.4, 0.5) is 0 Å². The van der Waals surface area contributed by atoms with Gasteiger partial charge in [0.2, 0.25) is 5.91 Å². The zero-order valence-corrected chi connectivity index (χ0v) is 16.6. The van der Waals surface area contributed by atoms with Crippen LogP contribution in [-0.2, 0) is 17.9 Å². The Bertz CT molecular complexity index is 967. The topological polar surface area (TPSA) is 55.6 Å². The number of nitrogens with zero attached hydrogens (tertiary/aromatic N) is 2. The second-order valence-electron chi connectivity index (χ2n) is 7.13. The highest BCUT2D eigenvalue weighted by Crippen LogP contribution is 2.31. The molecule has 0 saturated heterocycles. The van der Waals surface area contributed by atoms with Gasteiger partial charge in [0.15, 0.2) is 0 Å². The number of rotatable bonds is 7. The van der Waals surface area contributed by atoms with E-state index in [0.717, 1.165) is 47.2 Å². The third-order valence-electron chi connectivity index (χ3n) is 5.18. The first kappa shape index (κ1) is 18.8. The fourth-order valence-corrected chi connectivity index (χ4v) is 3.67. The number of ether oxygens (including phenoxy) is 1. The van der Waals surface area contributed by atoms with Crippen LogP contribution in [0, 0.1) is 5.92 Å². The van der Waals surface area contributed by atoms with Gasteiger partial charge in [0.05, 0.1) is 24.9 Å². The lowest BCUT2D eigenvalue weighted by Gasteiger charge is -2.31. The van der Waals surface area contributed by atoms with Crippen molar-refractivity contribution < 1.29 is 13.9 Å². The quantitative estimate of drug-likeness (QED) is 0.513. The number of hydrogen-bond acceptors (Lipinski definition) is 4. The van der Waals surface area contributed by atoms with Crippen molar-refractivity contribution in [3.05, 3.63) is 59.1 Å². The normalized spacial score (nSPS) is 14.1. The molecule has 0 unspecified atom stereocenters. The van der Waals surface area contributed by atoms with Crippen molar-refractivity contribution in [2.75, 3.05) is 6.61 Å². The molecule has 0 atom stereocenters. The largest absolute Gasteiger partial charge is 0.494 e. The molecule has 1 saturated carbocycles. The van der Waals surface area contributed by atoms with Gasteiger partial charge in [-0.2, -0.15) is 0 Å². The van der Waals surface area contributed by atoms with E-state index in [9.17, 15) is 4.79 Å². The summed E-state index contributed by atoms with van der Waals surface area (Å²) >= 11 is 6.46. The number of hydrogen-bond donors (Lipinski definition) is 0. The Hall–Kier alpha value is -2.53. The molecule has 3 aromatic rings. The zero-order valence-electron chi connectivity index (χ0n) is 15.9. The maximum atomic E-state index is 13.0. The Morgan fingerprint density at radius 1 is 1.29 bits per heavy atom. The molecule has 1 fully saturated rings. The fourth-order valence-electron chi connectivity index (χ4n) is 3.46. The highest BCUT2D eigenvalue weighted by atomic mass is 35.5. The predicted molar refractivity (Wildman–Crippen MR) is 108 cm³/mol. The molecule has 1 amide bonds. The van der Waals surface area contributed by atoms with Gasteiger partial charge in [0.1, 0.15) is 16.7 Å². The maximum Gasteiger partial charge on any atom is 0.226 e. The molecular weight excluding hydrogens is 376 g/mol. The molecule has 1 aliphatic rings. The van der Waals surface area contributed by atoms with E-state index < -0.39 is 0 Å². The number of carbonyl (C=O) groups is 1. The summed E-state index contributed by atoms with van der Waals surface area (Å²) in [5.41, 5.74) is 1.63. The number of pyridine rings is 1. The maximum absolute atomic E-state index is 13.0. The van der Waals surface area contributed by atoms with Crippen molar-refractivity contribution in [1.82, 2.24) is 9.88 Å². The standard InChI is InChI=1S/C22H23ClN2O3/c1-2-27-18-8-9-20-16(12-18)11-17(21(23)24-20)13-25(14-19-7-4-10-28-19)22(26)15-5-3-6-15/h4,7-12,15H,2-3,5-6,13-14H2,1H3. The van der Waals surface area contributed by atoms with E-state index in [0.29, 0.717) is 24.8 Å². The van der Waals surface area contributed by atoms with Crippen molar-refractivity contribution in [2.24, 2.45) is 5.92 Å². The first-order valence-corrected chi connectivity index (χ1v) is 10.0. The molecule has 4 rings (SSSR count). The molecule has 2 heterocycles. The van der Waals surface area contributed by atoms with Gasteiger partial charge < -0.3 is 14.1 Å². The summed E-state index contributed by atoms with van der Waals surface area (Å²) < 4.78 is 11.1. The van der Waals surface area contributed by atoms with E-state index in [1.807, 2.05) is 48.2 Å². The fraction of sp³-hybridized carbons (Fsp3) is 0.364. The van der Waals surface area contributed by atoms with E-state index in [4.69, 9.17) is 20.8 Å². The molecule has 0 N–H and O–H groups in total. The van der Waals surface area contributed by atoms with Crippen LogP contribution < -0.4 is 4.74 Å². The van der Waals surface area contributed by atoms with Crippen molar-refractivity contribution in [3.8, 4) is 5.75 Å². The van der Waals surface area contributed by atoms with Crippen LogP contribution in [0.15, 0.2) is 47.1 Å². The predicted octanol–water partition coefficient (Wildman–Crippen LogP) is 5.21. The van der Waals surface area contributed by atoms with Crippen LogP contribution in [0.1, 0.15) is 37.5 Å². The molecule has 2 aromatic heterocycles. The van der Waals surface area contributed by atoms with E-state index in [-0.39, 0.29) is 11.8 Å². The van der Waals surface area contributed by atoms with Gasteiger partial charge in [-0.25, -0.2) is 4.98 Å². The number of furan rings is 1. The molecule has 6 heteroatoms. The highest BCUT2D eigenvalue weighted by molar-refractivity contribution is 6.30. The molecule has 5 nitrogen and oxygen atoms in total. The van der Waals surface area contributed by atoms with Crippen LogP contribution in [-0.4, -0.2) is 22.4 Å². The lowest BCUT2D eigenvalue weighted by Crippen LogP contribution is -2.38. The number of amides is 1. The Kier molecular flexibility index (Phi) is 5.53. The summed E-state index contributed by atoms with van der Waals surface area (Å²) in [4.78, 5) is 19.3. The minimum atomic E-state index is 0.103. The highest BCUT2D eigenvalue weighted by Gasteiger charge is 2.30. The van der Waals surface area contributed by atoms with E-state index in [1.165, 1.54) is 0 Å². The van der Waals surface area contributed by atoms with Gasteiger partial charge in [0, 0.05) is 23.4 Å². The third kappa shape index (κ3) is 3.99. The summed E-state index contributed by atoms with van der Waals surface area (Å²) in [6.07, 6.45) is 4.65. The minimum absolute atomic E-state index is 0.103. The van der Waals surface area contributed by atoms with Gasteiger partial charge in [-0.3, -0.25) is 4.79 Å². The zero-order chi connectivity index (χ0) is 19.5. The Labute approximate surface area is 169 Å².